The van der Waals surface area contributed by atoms with Crippen molar-refractivity contribution >= 4 is 11.7 Å². The molecule has 1 aliphatic rings. The number of methoxy groups -OCH3 is 1. The molecule has 1 N–H and O–H groups in total. The minimum atomic E-state index is -0.483. The number of rotatable bonds is 2. The van der Waals surface area contributed by atoms with Gasteiger partial charge in [0.05, 0.1) is 26.4 Å². The number of para-hydroxylation sites is 1. The van der Waals surface area contributed by atoms with Gasteiger partial charge in [-0.15, -0.1) is 5.10 Å². The first-order valence-electron chi connectivity index (χ1n) is 7.78. The van der Waals surface area contributed by atoms with Crippen LogP contribution in [-0.4, -0.2) is 40.0 Å². The van der Waals surface area contributed by atoms with Crippen molar-refractivity contribution in [1.29, 1.82) is 0 Å². The number of anilines is 1. The second-order valence-electron chi connectivity index (χ2n) is 6.48. The molecule has 3 rings (SSSR count). The molecular weight excluding hydrogens is 308 g/mol. The number of carbonyl (C=O) groups is 1. The van der Waals surface area contributed by atoms with E-state index in [0.717, 1.165) is 11.3 Å². The fourth-order valence-electron chi connectivity index (χ4n) is 2.83. The zero-order valence-corrected chi connectivity index (χ0v) is 14.4. The average Bonchev–Trinajstić information content (AvgIpc) is 2.79. The average molecular weight is 330 g/mol. The minimum Gasteiger partial charge on any atom is -0.486 e. The van der Waals surface area contributed by atoms with Gasteiger partial charge in [-0.1, -0.05) is 18.2 Å². The first-order valence-corrected chi connectivity index (χ1v) is 7.78. The van der Waals surface area contributed by atoms with Crippen molar-refractivity contribution in [2.24, 2.45) is 7.05 Å². The van der Waals surface area contributed by atoms with Crippen LogP contribution < -0.4 is 14.8 Å². The predicted molar refractivity (Wildman–Crippen MR) is 90.3 cm³/mol. The molecule has 2 amide bonds. The van der Waals surface area contributed by atoms with Gasteiger partial charge in [-0.25, -0.2) is 4.79 Å². The van der Waals surface area contributed by atoms with Crippen molar-refractivity contribution < 1.29 is 14.3 Å². The number of benzene rings is 1. The molecule has 1 aromatic carbocycles. The van der Waals surface area contributed by atoms with Gasteiger partial charge >= 0.3 is 6.03 Å². The van der Waals surface area contributed by atoms with Crippen molar-refractivity contribution in [3.63, 3.8) is 0 Å². The van der Waals surface area contributed by atoms with E-state index in [9.17, 15) is 4.79 Å². The maximum atomic E-state index is 12.8. The molecule has 1 aromatic heterocycles. The molecule has 7 heteroatoms. The predicted octanol–water partition coefficient (Wildman–Crippen LogP) is 2.63. The van der Waals surface area contributed by atoms with E-state index >= 15 is 0 Å². The maximum absolute atomic E-state index is 12.8. The number of hydrogen-bond donors (Lipinski definition) is 1. The molecule has 2 heterocycles. The van der Waals surface area contributed by atoms with Crippen molar-refractivity contribution in [3.8, 4) is 11.6 Å². The number of aromatic nitrogens is 2. The van der Waals surface area contributed by atoms with Gasteiger partial charge in [-0.2, -0.15) is 0 Å². The summed E-state index contributed by atoms with van der Waals surface area (Å²) < 4.78 is 12.8. The van der Waals surface area contributed by atoms with E-state index in [4.69, 9.17) is 9.47 Å². The van der Waals surface area contributed by atoms with Crippen LogP contribution in [0.15, 0.2) is 30.5 Å². The smallest absolute Gasteiger partial charge is 0.322 e. The second kappa shape index (κ2) is 6.07. The summed E-state index contributed by atoms with van der Waals surface area (Å²) in [6.45, 7) is 4.89. The maximum Gasteiger partial charge on any atom is 0.322 e. The molecule has 0 spiro atoms. The van der Waals surface area contributed by atoms with Crippen molar-refractivity contribution in [1.82, 2.24) is 14.7 Å². The Balaban J connectivity index is 1.84. The molecule has 1 aliphatic heterocycles. The monoisotopic (exact) mass is 330 g/mol. The highest BCUT2D eigenvalue weighted by atomic mass is 16.5. The highest BCUT2D eigenvalue weighted by Crippen LogP contribution is 2.30. The van der Waals surface area contributed by atoms with E-state index in [-0.39, 0.29) is 6.03 Å². The third-order valence-electron chi connectivity index (χ3n) is 3.81. The Kier molecular flexibility index (Phi) is 4.09. The van der Waals surface area contributed by atoms with Gasteiger partial charge in [0.25, 0.3) is 5.88 Å². The SMILES string of the molecule is COc1nn(C)cc1NC(=O)N1Cc2ccccc2OC(C)(C)C1. The number of urea groups is 1. The molecule has 0 bridgehead atoms. The molecular formula is C17H22N4O3. The Hall–Kier alpha value is -2.70. The van der Waals surface area contributed by atoms with Crippen LogP contribution in [-0.2, 0) is 13.6 Å². The lowest BCUT2D eigenvalue weighted by Crippen LogP contribution is -2.44. The van der Waals surface area contributed by atoms with Crippen LogP contribution in [0.3, 0.4) is 0 Å². The summed E-state index contributed by atoms with van der Waals surface area (Å²) in [5.41, 5.74) is 1.04. The first kappa shape index (κ1) is 16.2. The standard InChI is InChI=1S/C17H22N4O3/c1-17(2)11-21(9-12-7-5-6-8-14(12)24-17)16(22)18-13-10-20(3)19-15(13)23-4/h5-8,10H,9,11H2,1-4H3,(H,18,22). The number of ether oxygens (including phenoxy) is 2. The molecule has 0 saturated heterocycles. The number of hydrogen-bond acceptors (Lipinski definition) is 4. The van der Waals surface area contributed by atoms with E-state index in [1.54, 1.807) is 22.8 Å². The number of carbonyl (C=O) groups excluding carboxylic acids is 1. The van der Waals surface area contributed by atoms with Crippen molar-refractivity contribution in [2.45, 2.75) is 26.0 Å². The summed E-state index contributed by atoms with van der Waals surface area (Å²) in [4.78, 5) is 14.5. The molecule has 128 valence electrons. The number of nitrogens with zero attached hydrogens (tertiary/aromatic N) is 3. The van der Waals surface area contributed by atoms with E-state index in [2.05, 4.69) is 10.4 Å². The molecule has 0 atom stereocenters. The lowest BCUT2D eigenvalue weighted by Gasteiger charge is -2.29. The van der Waals surface area contributed by atoms with E-state index < -0.39 is 5.60 Å². The molecule has 0 radical (unpaired) electrons. The van der Waals surface area contributed by atoms with Gasteiger partial charge < -0.3 is 19.7 Å². The van der Waals surface area contributed by atoms with Gasteiger partial charge in [0.15, 0.2) is 0 Å². The van der Waals surface area contributed by atoms with Crippen molar-refractivity contribution in [2.75, 3.05) is 19.0 Å². The number of nitrogens with one attached hydrogen (secondary N) is 1. The van der Waals surface area contributed by atoms with E-state index in [1.807, 2.05) is 38.1 Å². The Morgan fingerprint density at radius 3 is 2.88 bits per heavy atom. The van der Waals surface area contributed by atoms with Crippen LogP contribution >= 0.6 is 0 Å². The van der Waals surface area contributed by atoms with Crippen LogP contribution in [0.25, 0.3) is 0 Å². The topological polar surface area (TPSA) is 68.6 Å². The highest BCUT2D eigenvalue weighted by Gasteiger charge is 2.31. The zero-order chi connectivity index (χ0) is 17.3. The fourth-order valence-corrected chi connectivity index (χ4v) is 2.83. The van der Waals surface area contributed by atoms with Crippen molar-refractivity contribution in [3.05, 3.63) is 36.0 Å². The van der Waals surface area contributed by atoms with Gasteiger partial charge in [-0.05, 0) is 19.9 Å². The molecule has 7 nitrogen and oxygen atoms in total. The molecule has 0 saturated carbocycles. The third kappa shape index (κ3) is 3.29. The third-order valence-corrected chi connectivity index (χ3v) is 3.81. The summed E-state index contributed by atoms with van der Waals surface area (Å²) in [6, 6.07) is 7.57. The minimum absolute atomic E-state index is 0.213. The summed E-state index contributed by atoms with van der Waals surface area (Å²) in [5.74, 6) is 1.20. The van der Waals surface area contributed by atoms with Gasteiger partial charge in [-0.3, -0.25) is 4.68 Å². The first-order chi connectivity index (χ1) is 11.4. The van der Waals surface area contributed by atoms with Crippen LogP contribution in [0.4, 0.5) is 10.5 Å². The number of fused-ring (bicyclic) bond motifs is 1. The highest BCUT2D eigenvalue weighted by molar-refractivity contribution is 5.90. The van der Waals surface area contributed by atoms with Crippen LogP contribution in [0.1, 0.15) is 19.4 Å². The number of amides is 2. The quantitative estimate of drug-likeness (QED) is 0.919. The summed E-state index contributed by atoms with van der Waals surface area (Å²) in [7, 11) is 3.30. The van der Waals surface area contributed by atoms with E-state index in [0.29, 0.717) is 24.7 Å². The fraction of sp³-hybridized carbons (Fsp3) is 0.412. The Bertz CT molecular complexity index is 754. The van der Waals surface area contributed by atoms with Crippen LogP contribution in [0.5, 0.6) is 11.6 Å². The Labute approximate surface area is 141 Å². The Morgan fingerprint density at radius 1 is 1.38 bits per heavy atom. The summed E-state index contributed by atoms with van der Waals surface area (Å²) >= 11 is 0. The lowest BCUT2D eigenvalue weighted by atomic mass is 10.1. The lowest BCUT2D eigenvalue weighted by molar-refractivity contribution is 0.0835. The van der Waals surface area contributed by atoms with Gasteiger partial charge in [0.2, 0.25) is 0 Å². The summed E-state index contributed by atoms with van der Waals surface area (Å²) in [5, 5.41) is 7.02. The van der Waals surface area contributed by atoms with Gasteiger partial charge in [0, 0.05) is 12.6 Å². The molecule has 24 heavy (non-hydrogen) atoms. The van der Waals surface area contributed by atoms with Crippen LogP contribution in [0.2, 0.25) is 0 Å². The molecule has 0 unspecified atom stereocenters. The molecule has 0 fully saturated rings. The van der Waals surface area contributed by atoms with Gasteiger partial charge in [0.1, 0.15) is 17.0 Å². The van der Waals surface area contributed by atoms with E-state index in [1.165, 1.54) is 7.11 Å². The summed E-state index contributed by atoms with van der Waals surface area (Å²) in [6.07, 6.45) is 1.71. The second-order valence-corrected chi connectivity index (χ2v) is 6.48. The normalized spacial score (nSPS) is 15.9. The Morgan fingerprint density at radius 2 is 2.12 bits per heavy atom. The largest absolute Gasteiger partial charge is 0.486 e. The zero-order valence-electron chi connectivity index (χ0n) is 14.4. The number of aryl methyl sites for hydroxylation is 1. The molecule has 2 aromatic rings. The molecule has 0 aliphatic carbocycles. The van der Waals surface area contributed by atoms with Crippen LogP contribution in [0, 0.1) is 0 Å².